The minimum Gasteiger partial charge on any atom is -0.255 e. The number of imidazole rings is 1. The third-order valence-electron chi connectivity index (χ3n) is 4.16. The number of pyridine rings is 1. The van der Waals surface area contributed by atoms with Gasteiger partial charge in [0.05, 0.1) is 13.6 Å². The maximum atomic E-state index is 4.55. The summed E-state index contributed by atoms with van der Waals surface area (Å²) in [5.41, 5.74) is 5.93. The van der Waals surface area contributed by atoms with Crippen LogP contribution in [0.15, 0.2) is 43.0 Å². The van der Waals surface area contributed by atoms with Crippen molar-refractivity contribution < 1.29 is 4.57 Å². The Morgan fingerprint density at radius 2 is 2.20 bits per heavy atom. The van der Waals surface area contributed by atoms with Crippen molar-refractivity contribution in [2.75, 3.05) is 0 Å². The van der Waals surface area contributed by atoms with E-state index in [2.05, 4.69) is 42.7 Å². The quantitative estimate of drug-likeness (QED) is 0.397. The molecule has 4 aromatic rings. The first kappa shape index (κ1) is 10.1. The minimum absolute atomic E-state index is 0.872. The Morgan fingerprint density at radius 1 is 1.25 bits per heavy atom. The highest BCUT2D eigenvalue weighted by atomic mass is 15.2. The summed E-state index contributed by atoms with van der Waals surface area (Å²) >= 11 is 0. The molecule has 20 heavy (non-hydrogen) atoms. The van der Waals surface area contributed by atoms with Crippen LogP contribution in [0.4, 0.5) is 0 Å². The summed E-state index contributed by atoms with van der Waals surface area (Å²) < 4.78 is 6.69. The van der Waals surface area contributed by atoms with Crippen molar-refractivity contribution in [2.45, 2.75) is 6.54 Å². The molecule has 0 atom stereocenters. The molecule has 0 unspecified atom stereocenters. The van der Waals surface area contributed by atoms with Crippen molar-refractivity contribution in [3.05, 3.63) is 48.5 Å². The smallest absolute Gasteiger partial charge is 0.255 e. The Bertz CT molecular complexity index is 992. The van der Waals surface area contributed by atoms with Crippen LogP contribution in [-0.2, 0) is 13.6 Å². The number of aromatic nitrogens is 5. The van der Waals surface area contributed by atoms with Gasteiger partial charge in [0.2, 0.25) is 0 Å². The van der Waals surface area contributed by atoms with Crippen molar-refractivity contribution in [3.63, 3.8) is 0 Å². The van der Waals surface area contributed by atoms with Crippen LogP contribution in [0.5, 0.6) is 0 Å². The Balaban J connectivity index is 1.99. The van der Waals surface area contributed by atoms with Gasteiger partial charge in [0, 0.05) is 24.0 Å². The predicted molar refractivity (Wildman–Crippen MR) is 74.2 cm³/mol. The van der Waals surface area contributed by atoms with Crippen molar-refractivity contribution >= 4 is 16.7 Å². The molecule has 96 valence electrons. The van der Waals surface area contributed by atoms with E-state index in [1.165, 1.54) is 28.1 Å². The number of fused-ring (bicyclic) bond motifs is 7. The van der Waals surface area contributed by atoms with Crippen LogP contribution in [0.1, 0.15) is 5.56 Å². The molecule has 5 heteroatoms. The molecule has 4 aromatic heterocycles. The molecule has 0 bridgehead atoms. The molecule has 1 aliphatic rings. The average Bonchev–Trinajstić information content (AvgIpc) is 3.10. The second-order valence-corrected chi connectivity index (χ2v) is 5.21. The topological polar surface area (TPSA) is 39.0 Å². The largest absolute Gasteiger partial charge is 0.275 e. The highest BCUT2D eigenvalue weighted by Crippen LogP contribution is 2.29. The molecule has 5 heterocycles. The minimum atomic E-state index is 0.872. The van der Waals surface area contributed by atoms with Crippen LogP contribution < -0.4 is 4.57 Å². The van der Waals surface area contributed by atoms with Gasteiger partial charge in [0.15, 0.2) is 11.8 Å². The second kappa shape index (κ2) is 3.25. The first-order chi connectivity index (χ1) is 9.84. The molecule has 0 aromatic carbocycles. The lowest BCUT2D eigenvalue weighted by Gasteiger charge is -1.95. The summed E-state index contributed by atoms with van der Waals surface area (Å²) in [6.45, 7) is 0.872. The van der Waals surface area contributed by atoms with Crippen molar-refractivity contribution in [1.29, 1.82) is 0 Å². The summed E-state index contributed by atoms with van der Waals surface area (Å²) in [7, 11) is 2.10. The zero-order chi connectivity index (χ0) is 13.3. The van der Waals surface area contributed by atoms with E-state index < -0.39 is 0 Å². The van der Waals surface area contributed by atoms with Gasteiger partial charge in [-0.3, -0.25) is 4.57 Å². The van der Waals surface area contributed by atoms with Crippen molar-refractivity contribution in [1.82, 2.24) is 18.9 Å². The maximum absolute atomic E-state index is 4.55. The fraction of sp³-hybridized carbons (Fsp3) is 0.133. The standard InChI is InChI=1S/C15H12N5/c1-18-12-7-11-4-6-16-9-20(11)14(12)19-8-10-3-2-5-17-13(10)15(18)19/h2-7,9H,8H2,1H3/q+1. The fourth-order valence-electron chi connectivity index (χ4n) is 3.28. The van der Waals surface area contributed by atoms with Gasteiger partial charge in [0.25, 0.3) is 11.5 Å². The lowest BCUT2D eigenvalue weighted by molar-refractivity contribution is -0.648. The van der Waals surface area contributed by atoms with E-state index in [1.807, 2.05) is 30.9 Å². The van der Waals surface area contributed by atoms with Gasteiger partial charge in [-0.2, -0.15) is 0 Å². The average molecular weight is 262 g/mol. The summed E-state index contributed by atoms with van der Waals surface area (Å²) in [6.07, 6.45) is 5.57. The molecule has 5 nitrogen and oxygen atoms in total. The maximum Gasteiger partial charge on any atom is 0.275 e. The van der Waals surface area contributed by atoms with E-state index >= 15 is 0 Å². The molecular formula is C15H12N5+. The number of hydrogen-bond acceptors (Lipinski definition) is 2. The van der Waals surface area contributed by atoms with E-state index in [4.69, 9.17) is 0 Å². The van der Waals surface area contributed by atoms with Gasteiger partial charge in [-0.15, -0.1) is 0 Å². The van der Waals surface area contributed by atoms with E-state index in [0.29, 0.717) is 0 Å². The Kier molecular flexibility index (Phi) is 1.65. The molecule has 0 aliphatic carbocycles. The van der Waals surface area contributed by atoms with Crippen molar-refractivity contribution in [3.8, 4) is 11.5 Å². The predicted octanol–water partition coefficient (Wildman–Crippen LogP) is 1.54. The SMILES string of the molecule is Cn1c2[n+](c3c1cc1ccncn13)Cc1cccnc1-2. The number of nitrogens with zero attached hydrogens (tertiary/aromatic N) is 5. The van der Waals surface area contributed by atoms with Gasteiger partial charge in [-0.1, -0.05) is 6.07 Å². The molecule has 0 spiro atoms. The number of aryl methyl sites for hydroxylation is 1. The zero-order valence-corrected chi connectivity index (χ0v) is 11.0. The Morgan fingerprint density at radius 3 is 3.15 bits per heavy atom. The summed E-state index contributed by atoms with van der Waals surface area (Å²) in [4.78, 5) is 8.79. The highest BCUT2D eigenvalue weighted by molar-refractivity contribution is 5.82. The lowest BCUT2D eigenvalue weighted by atomic mass is 10.2. The van der Waals surface area contributed by atoms with E-state index in [9.17, 15) is 0 Å². The van der Waals surface area contributed by atoms with Gasteiger partial charge >= 0.3 is 0 Å². The van der Waals surface area contributed by atoms with Crippen LogP contribution >= 0.6 is 0 Å². The molecule has 0 fully saturated rings. The number of rotatable bonds is 0. The first-order valence-electron chi connectivity index (χ1n) is 6.62. The Hall–Kier alpha value is -2.69. The molecule has 0 amide bonds. The molecule has 0 saturated carbocycles. The normalized spacial score (nSPS) is 13.1. The van der Waals surface area contributed by atoms with E-state index in [-0.39, 0.29) is 0 Å². The fourth-order valence-corrected chi connectivity index (χ4v) is 3.28. The lowest BCUT2D eigenvalue weighted by Crippen LogP contribution is -2.32. The Labute approximate surface area is 114 Å². The van der Waals surface area contributed by atoms with Gasteiger partial charge in [-0.25, -0.2) is 18.9 Å². The van der Waals surface area contributed by atoms with Crippen LogP contribution in [-0.4, -0.2) is 18.9 Å². The number of hydrogen-bond donors (Lipinski definition) is 0. The summed E-state index contributed by atoms with van der Waals surface area (Å²) in [5, 5.41) is 0. The van der Waals surface area contributed by atoms with Crippen LogP contribution in [0, 0.1) is 0 Å². The van der Waals surface area contributed by atoms with Crippen LogP contribution in [0.25, 0.3) is 28.2 Å². The van der Waals surface area contributed by atoms with Crippen LogP contribution in [0.3, 0.4) is 0 Å². The van der Waals surface area contributed by atoms with E-state index in [1.54, 1.807) is 0 Å². The van der Waals surface area contributed by atoms with Crippen molar-refractivity contribution in [2.24, 2.45) is 7.05 Å². The molecule has 1 aliphatic heterocycles. The molecule has 5 rings (SSSR count). The summed E-state index contributed by atoms with van der Waals surface area (Å²) in [6, 6.07) is 8.38. The third-order valence-corrected chi connectivity index (χ3v) is 4.16. The monoisotopic (exact) mass is 262 g/mol. The summed E-state index contributed by atoms with van der Waals surface area (Å²) in [5.74, 6) is 1.17. The third kappa shape index (κ3) is 1.02. The molecule has 0 N–H and O–H groups in total. The van der Waals surface area contributed by atoms with Gasteiger partial charge in [0.1, 0.15) is 11.2 Å². The van der Waals surface area contributed by atoms with E-state index in [0.717, 1.165) is 12.2 Å². The van der Waals surface area contributed by atoms with Gasteiger partial charge < -0.3 is 0 Å². The first-order valence-corrected chi connectivity index (χ1v) is 6.62. The zero-order valence-electron chi connectivity index (χ0n) is 11.0. The molecular weight excluding hydrogens is 250 g/mol. The second-order valence-electron chi connectivity index (χ2n) is 5.21. The molecule has 0 radical (unpaired) electrons. The molecule has 0 saturated heterocycles. The highest BCUT2D eigenvalue weighted by Gasteiger charge is 2.33. The van der Waals surface area contributed by atoms with Crippen LogP contribution in [0.2, 0.25) is 0 Å². The van der Waals surface area contributed by atoms with Gasteiger partial charge in [-0.05, 0) is 12.1 Å².